The molecule has 0 amide bonds. The van der Waals surface area contributed by atoms with Crippen molar-refractivity contribution in [1.29, 1.82) is 0 Å². The van der Waals surface area contributed by atoms with Gasteiger partial charge in [-0.1, -0.05) is 12.8 Å². The zero-order valence-electron chi connectivity index (χ0n) is 11.1. The Morgan fingerprint density at radius 2 is 1.88 bits per heavy atom. The fourth-order valence-electron chi connectivity index (χ4n) is 4.96. The van der Waals surface area contributed by atoms with Crippen molar-refractivity contribution >= 4 is 0 Å². The molecule has 96 valence electrons. The smallest absolute Gasteiger partial charge is 0.00684 e. The normalized spacial score (nSPS) is 42.7. The van der Waals surface area contributed by atoms with Crippen LogP contribution in [0.1, 0.15) is 64.2 Å². The summed E-state index contributed by atoms with van der Waals surface area (Å²) in [6.07, 6.45) is 15.4. The summed E-state index contributed by atoms with van der Waals surface area (Å²) >= 11 is 0. The van der Waals surface area contributed by atoms with Crippen LogP contribution in [0.15, 0.2) is 0 Å². The summed E-state index contributed by atoms with van der Waals surface area (Å²) in [7, 11) is 0. The maximum Gasteiger partial charge on any atom is 0.00684 e. The zero-order valence-corrected chi connectivity index (χ0v) is 11.1. The van der Waals surface area contributed by atoms with E-state index in [4.69, 9.17) is 0 Å². The molecule has 1 N–H and O–H groups in total. The van der Waals surface area contributed by atoms with E-state index >= 15 is 0 Å². The molecule has 2 bridgehead atoms. The van der Waals surface area contributed by atoms with Gasteiger partial charge >= 0.3 is 0 Å². The van der Waals surface area contributed by atoms with Crippen molar-refractivity contribution < 1.29 is 0 Å². The van der Waals surface area contributed by atoms with Crippen molar-refractivity contribution in [2.75, 3.05) is 6.54 Å². The Balaban J connectivity index is 1.35. The first kappa shape index (κ1) is 10.8. The highest BCUT2D eigenvalue weighted by Crippen LogP contribution is 2.55. The van der Waals surface area contributed by atoms with Gasteiger partial charge in [0, 0.05) is 12.6 Å². The molecule has 3 unspecified atom stereocenters. The molecular formula is C16H27N. The summed E-state index contributed by atoms with van der Waals surface area (Å²) in [6.45, 7) is 1.35. The molecule has 0 aromatic rings. The first-order valence-corrected chi connectivity index (χ1v) is 8.06. The van der Waals surface area contributed by atoms with Crippen molar-refractivity contribution in [2.45, 2.75) is 70.3 Å². The van der Waals surface area contributed by atoms with E-state index in [9.17, 15) is 0 Å². The summed E-state index contributed by atoms with van der Waals surface area (Å²) in [5.74, 6) is 3.40. The quantitative estimate of drug-likeness (QED) is 0.763. The molecule has 0 spiro atoms. The molecular weight excluding hydrogens is 206 g/mol. The van der Waals surface area contributed by atoms with Gasteiger partial charge < -0.3 is 5.32 Å². The molecule has 0 heterocycles. The van der Waals surface area contributed by atoms with Crippen molar-refractivity contribution in [2.24, 2.45) is 23.2 Å². The molecule has 1 nitrogen and oxygen atoms in total. The predicted molar refractivity (Wildman–Crippen MR) is 70.9 cm³/mol. The average molecular weight is 233 g/mol. The van der Waals surface area contributed by atoms with Crippen LogP contribution in [-0.4, -0.2) is 12.6 Å². The monoisotopic (exact) mass is 233 g/mol. The fraction of sp³-hybridized carbons (Fsp3) is 1.00. The lowest BCUT2D eigenvalue weighted by Crippen LogP contribution is -2.42. The van der Waals surface area contributed by atoms with Crippen LogP contribution in [0.4, 0.5) is 0 Å². The third kappa shape index (κ3) is 2.05. The van der Waals surface area contributed by atoms with Gasteiger partial charge in [0.25, 0.3) is 0 Å². The van der Waals surface area contributed by atoms with Crippen LogP contribution in [0.3, 0.4) is 0 Å². The van der Waals surface area contributed by atoms with E-state index in [1.807, 2.05) is 0 Å². The molecule has 4 fully saturated rings. The first-order valence-electron chi connectivity index (χ1n) is 8.06. The van der Waals surface area contributed by atoms with E-state index in [-0.39, 0.29) is 0 Å². The van der Waals surface area contributed by atoms with Gasteiger partial charge in [-0.05, 0) is 74.5 Å². The molecule has 4 rings (SSSR count). The van der Waals surface area contributed by atoms with Crippen LogP contribution in [0.5, 0.6) is 0 Å². The lowest BCUT2D eigenvalue weighted by molar-refractivity contribution is 0.0748. The lowest BCUT2D eigenvalue weighted by Gasteiger charge is -2.45. The Bertz CT molecular complexity index is 290. The van der Waals surface area contributed by atoms with Crippen LogP contribution in [0.2, 0.25) is 0 Å². The van der Waals surface area contributed by atoms with Crippen LogP contribution < -0.4 is 5.32 Å². The maximum absolute atomic E-state index is 3.82. The van der Waals surface area contributed by atoms with Crippen LogP contribution in [0.25, 0.3) is 0 Å². The van der Waals surface area contributed by atoms with Gasteiger partial charge in [0.1, 0.15) is 0 Å². The van der Waals surface area contributed by atoms with Crippen LogP contribution in [0, 0.1) is 23.2 Å². The molecule has 3 atom stereocenters. The van der Waals surface area contributed by atoms with Gasteiger partial charge in [-0.2, -0.15) is 0 Å². The van der Waals surface area contributed by atoms with Gasteiger partial charge in [0.15, 0.2) is 0 Å². The minimum atomic E-state index is 0.748. The Kier molecular flexibility index (Phi) is 2.54. The van der Waals surface area contributed by atoms with Gasteiger partial charge in [0.05, 0.1) is 0 Å². The third-order valence-electron chi connectivity index (χ3n) is 6.34. The summed E-state index contributed by atoms with van der Waals surface area (Å²) in [6, 6.07) is 0.910. The topological polar surface area (TPSA) is 12.0 Å². The highest BCUT2D eigenvalue weighted by atomic mass is 15.0. The molecule has 17 heavy (non-hydrogen) atoms. The van der Waals surface area contributed by atoms with E-state index in [0.29, 0.717) is 0 Å². The second-order valence-electron chi connectivity index (χ2n) is 7.65. The number of hydrogen-bond donors (Lipinski definition) is 1. The predicted octanol–water partition coefficient (Wildman–Crippen LogP) is 3.74. The summed E-state index contributed by atoms with van der Waals surface area (Å²) in [5.41, 5.74) is 0.748. The first-order chi connectivity index (χ1) is 8.33. The Labute approximate surface area is 106 Å². The highest BCUT2D eigenvalue weighted by molar-refractivity contribution is 4.98. The Morgan fingerprint density at radius 3 is 2.41 bits per heavy atom. The van der Waals surface area contributed by atoms with E-state index in [1.165, 1.54) is 38.6 Å². The number of rotatable bonds is 5. The second-order valence-corrected chi connectivity index (χ2v) is 7.65. The van der Waals surface area contributed by atoms with E-state index < -0.39 is 0 Å². The lowest BCUT2D eigenvalue weighted by atomic mass is 9.62. The Hall–Kier alpha value is -0.0400. The van der Waals surface area contributed by atoms with Crippen LogP contribution >= 0.6 is 0 Å². The number of nitrogens with one attached hydrogen (secondary N) is 1. The van der Waals surface area contributed by atoms with Crippen molar-refractivity contribution in [3.63, 3.8) is 0 Å². The summed E-state index contributed by atoms with van der Waals surface area (Å²) in [4.78, 5) is 0. The SMILES string of the molecule is C1CC(CNC2CC2)(CC2CC3CCC2C3)C1. The minimum absolute atomic E-state index is 0.748. The standard InChI is InChI=1S/C16H27N/c1-6-16(7-1,11-17-15-4-5-15)10-14-9-12-2-3-13(14)8-12/h12-15,17H,1-11H2. The maximum atomic E-state index is 3.82. The number of fused-ring (bicyclic) bond motifs is 2. The molecule has 0 aliphatic heterocycles. The second kappa shape index (κ2) is 3.98. The molecule has 0 aromatic heterocycles. The molecule has 4 saturated carbocycles. The highest BCUT2D eigenvalue weighted by Gasteiger charge is 2.46. The van der Waals surface area contributed by atoms with Crippen LogP contribution in [-0.2, 0) is 0 Å². The number of hydrogen-bond acceptors (Lipinski definition) is 1. The summed E-state index contributed by atoms with van der Waals surface area (Å²) < 4.78 is 0. The molecule has 1 heteroatoms. The molecule has 0 radical (unpaired) electrons. The van der Waals surface area contributed by atoms with E-state index in [0.717, 1.165) is 29.2 Å². The zero-order chi connectivity index (χ0) is 11.3. The molecule has 4 aliphatic carbocycles. The minimum Gasteiger partial charge on any atom is -0.313 e. The molecule has 0 saturated heterocycles. The molecule has 0 aromatic carbocycles. The Morgan fingerprint density at radius 1 is 1.00 bits per heavy atom. The van der Waals surface area contributed by atoms with Gasteiger partial charge in [-0.25, -0.2) is 0 Å². The largest absolute Gasteiger partial charge is 0.313 e. The third-order valence-corrected chi connectivity index (χ3v) is 6.34. The van der Waals surface area contributed by atoms with Crippen molar-refractivity contribution in [3.05, 3.63) is 0 Å². The van der Waals surface area contributed by atoms with E-state index in [2.05, 4.69) is 5.32 Å². The van der Waals surface area contributed by atoms with Crippen molar-refractivity contribution in [1.82, 2.24) is 5.32 Å². The van der Waals surface area contributed by atoms with E-state index in [1.54, 1.807) is 32.1 Å². The van der Waals surface area contributed by atoms with Gasteiger partial charge in [-0.3, -0.25) is 0 Å². The van der Waals surface area contributed by atoms with Crippen molar-refractivity contribution in [3.8, 4) is 0 Å². The van der Waals surface area contributed by atoms with Gasteiger partial charge in [0.2, 0.25) is 0 Å². The molecule has 4 aliphatic rings. The average Bonchev–Trinajstić information content (AvgIpc) is 2.89. The summed E-state index contributed by atoms with van der Waals surface area (Å²) in [5, 5.41) is 3.82. The van der Waals surface area contributed by atoms with Gasteiger partial charge in [-0.15, -0.1) is 0 Å². The fourth-order valence-corrected chi connectivity index (χ4v) is 4.96.